The molecule has 0 spiro atoms. The molecule has 1 aliphatic rings. The molecular weight excluding hydrogens is 238 g/mol. The number of aliphatic hydroxyl groups is 1. The van der Waals surface area contributed by atoms with Gasteiger partial charge in [-0.3, -0.25) is 4.79 Å². The van der Waals surface area contributed by atoms with Crippen LogP contribution in [0.3, 0.4) is 0 Å². The molecule has 0 bridgehead atoms. The largest absolute Gasteiger partial charge is 0.392 e. The Morgan fingerprint density at radius 1 is 1.28 bits per heavy atom. The third-order valence-corrected chi connectivity index (χ3v) is 3.47. The molecule has 0 heterocycles. The number of hydrogen-bond donors (Lipinski definition) is 1. The first-order chi connectivity index (χ1) is 8.08. The van der Waals surface area contributed by atoms with Crippen molar-refractivity contribution in [1.29, 1.82) is 0 Å². The molecule has 0 radical (unpaired) electrons. The van der Waals surface area contributed by atoms with Crippen LogP contribution in [0.5, 0.6) is 0 Å². The summed E-state index contributed by atoms with van der Waals surface area (Å²) in [5.41, 5.74) is -0.935. The molecule has 1 aliphatic carbocycles. The average molecular weight is 264 g/mol. The van der Waals surface area contributed by atoms with Gasteiger partial charge in [0.05, 0.1) is 6.10 Å². The van der Waals surface area contributed by atoms with Crippen molar-refractivity contribution in [3.63, 3.8) is 0 Å². The van der Waals surface area contributed by atoms with Gasteiger partial charge in [-0.2, -0.15) is 0 Å². The molecule has 1 N–H and O–H groups in total. The molecular formula is C14H26F2O2. The molecule has 1 atom stereocenters. The molecule has 0 saturated heterocycles. The summed E-state index contributed by atoms with van der Waals surface area (Å²) in [6, 6.07) is 0. The van der Waals surface area contributed by atoms with E-state index in [0.717, 1.165) is 0 Å². The van der Waals surface area contributed by atoms with E-state index in [0.29, 0.717) is 0 Å². The zero-order valence-corrected chi connectivity index (χ0v) is 12.3. The van der Waals surface area contributed by atoms with Crippen molar-refractivity contribution in [3.8, 4) is 0 Å². The van der Waals surface area contributed by atoms with Gasteiger partial charge in [-0.25, -0.2) is 8.78 Å². The summed E-state index contributed by atoms with van der Waals surface area (Å²) in [7, 11) is 0. The fourth-order valence-electron chi connectivity index (χ4n) is 2.41. The van der Waals surface area contributed by atoms with Crippen molar-refractivity contribution >= 4 is 5.78 Å². The van der Waals surface area contributed by atoms with Crippen molar-refractivity contribution in [1.82, 2.24) is 0 Å². The lowest BCUT2D eigenvalue weighted by Gasteiger charge is -2.43. The number of aliphatic hydroxyl groups excluding tert-OH is 1. The van der Waals surface area contributed by atoms with E-state index in [2.05, 4.69) is 0 Å². The highest BCUT2D eigenvalue weighted by atomic mass is 19.3. The van der Waals surface area contributed by atoms with Crippen molar-refractivity contribution in [2.75, 3.05) is 0 Å². The van der Waals surface area contributed by atoms with Crippen LogP contribution in [-0.4, -0.2) is 22.9 Å². The van der Waals surface area contributed by atoms with Crippen LogP contribution in [-0.2, 0) is 4.79 Å². The van der Waals surface area contributed by atoms with Gasteiger partial charge >= 0.3 is 0 Å². The topological polar surface area (TPSA) is 37.3 Å². The summed E-state index contributed by atoms with van der Waals surface area (Å²) < 4.78 is 25.4. The quantitative estimate of drug-likeness (QED) is 0.841. The second kappa shape index (κ2) is 6.09. The zero-order chi connectivity index (χ0) is 14.7. The van der Waals surface area contributed by atoms with Crippen LogP contribution in [0.15, 0.2) is 0 Å². The first kappa shape index (κ1) is 17.5. The van der Waals surface area contributed by atoms with Gasteiger partial charge in [0, 0.05) is 24.2 Å². The number of hydrogen-bond acceptors (Lipinski definition) is 2. The highest BCUT2D eigenvalue weighted by molar-refractivity contribution is 5.86. The molecule has 108 valence electrons. The monoisotopic (exact) mass is 264 g/mol. The van der Waals surface area contributed by atoms with Gasteiger partial charge in [0.25, 0.3) is 0 Å². The van der Waals surface area contributed by atoms with Crippen molar-refractivity contribution in [2.45, 2.75) is 66.4 Å². The lowest BCUT2D eigenvalue weighted by atomic mass is 9.66. The first-order valence-corrected chi connectivity index (χ1v) is 6.68. The number of halogens is 2. The van der Waals surface area contributed by atoms with E-state index < -0.39 is 23.4 Å². The SMILES string of the molecule is CC.CC(C)C(=O)C(C)(C)C(O)C1CC(F)(F)C1. The maximum absolute atomic E-state index is 12.7. The highest BCUT2D eigenvalue weighted by Crippen LogP contribution is 2.48. The normalized spacial score (nSPS) is 20.8. The van der Waals surface area contributed by atoms with Crippen molar-refractivity contribution < 1.29 is 18.7 Å². The van der Waals surface area contributed by atoms with Gasteiger partial charge < -0.3 is 5.11 Å². The molecule has 18 heavy (non-hydrogen) atoms. The summed E-state index contributed by atoms with van der Waals surface area (Å²) >= 11 is 0. The lowest BCUT2D eigenvalue weighted by molar-refractivity contribution is -0.169. The standard InChI is InChI=1S/C12H20F2O2.C2H6/c1-7(2)9(15)11(3,4)10(16)8-5-12(13,14)6-8;1-2/h7-8,10,16H,5-6H2,1-4H3;1-2H3. The Morgan fingerprint density at radius 2 is 1.67 bits per heavy atom. The van der Waals surface area contributed by atoms with Crippen LogP contribution in [0.2, 0.25) is 0 Å². The summed E-state index contributed by atoms with van der Waals surface area (Å²) in [5, 5.41) is 9.99. The fourth-order valence-corrected chi connectivity index (χ4v) is 2.41. The lowest BCUT2D eigenvalue weighted by Crippen LogP contribution is -2.51. The van der Waals surface area contributed by atoms with Crippen LogP contribution >= 0.6 is 0 Å². The van der Waals surface area contributed by atoms with E-state index in [1.165, 1.54) is 0 Å². The number of carbonyl (C=O) groups excluding carboxylic acids is 1. The van der Waals surface area contributed by atoms with Crippen molar-refractivity contribution in [3.05, 3.63) is 0 Å². The van der Waals surface area contributed by atoms with Crippen LogP contribution < -0.4 is 0 Å². The van der Waals surface area contributed by atoms with Crippen molar-refractivity contribution in [2.24, 2.45) is 17.3 Å². The van der Waals surface area contributed by atoms with Gasteiger partial charge in [-0.15, -0.1) is 0 Å². The van der Waals surface area contributed by atoms with Gasteiger partial charge in [-0.1, -0.05) is 41.5 Å². The molecule has 1 rings (SSSR count). The smallest absolute Gasteiger partial charge is 0.248 e. The molecule has 0 amide bonds. The molecule has 1 unspecified atom stereocenters. The Labute approximate surface area is 109 Å². The minimum atomic E-state index is -2.65. The summed E-state index contributed by atoms with van der Waals surface area (Å²) in [5.74, 6) is -3.36. The molecule has 0 aromatic carbocycles. The van der Waals surface area contributed by atoms with E-state index in [9.17, 15) is 18.7 Å². The highest BCUT2D eigenvalue weighted by Gasteiger charge is 2.53. The van der Waals surface area contributed by atoms with E-state index in [1.54, 1.807) is 27.7 Å². The third kappa shape index (κ3) is 3.74. The summed E-state index contributed by atoms with van der Waals surface area (Å²) in [6.45, 7) is 10.8. The Kier molecular flexibility index (Phi) is 5.92. The molecule has 1 fully saturated rings. The van der Waals surface area contributed by atoms with Gasteiger partial charge in [0.1, 0.15) is 5.78 Å². The van der Waals surface area contributed by atoms with Crippen LogP contribution in [0.25, 0.3) is 0 Å². The first-order valence-electron chi connectivity index (χ1n) is 6.68. The average Bonchev–Trinajstić information content (AvgIpc) is 2.26. The van der Waals surface area contributed by atoms with Crippen LogP contribution in [0.4, 0.5) is 8.78 Å². The van der Waals surface area contributed by atoms with Gasteiger partial charge in [-0.05, 0) is 5.92 Å². The Hall–Kier alpha value is -0.510. The van der Waals surface area contributed by atoms with E-state index in [1.807, 2.05) is 13.8 Å². The number of ketones is 1. The minimum Gasteiger partial charge on any atom is -0.392 e. The molecule has 0 aliphatic heterocycles. The molecule has 2 nitrogen and oxygen atoms in total. The second-order valence-corrected chi connectivity index (χ2v) is 5.71. The van der Waals surface area contributed by atoms with Gasteiger partial charge in [0.15, 0.2) is 0 Å². The predicted octanol–water partition coefficient (Wildman–Crippen LogP) is 3.67. The number of rotatable bonds is 4. The fraction of sp³-hybridized carbons (Fsp3) is 0.929. The number of Topliss-reactive ketones (excluding diaryl/α,β-unsaturated/α-hetero) is 1. The minimum absolute atomic E-state index is 0.0739. The summed E-state index contributed by atoms with van der Waals surface area (Å²) in [4.78, 5) is 11.9. The van der Waals surface area contributed by atoms with E-state index in [-0.39, 0.29) is 24.5 Å². The van der Waals surface area contributed by atoms with E-state index in [4.69, 9.17) is 0 Å². The second-order valence-electron chi connectivity index (χ2n) is 5.71. The maximum Gasteiger partial charge on any atom is 0.248 e. The van der Waals surface area contributed by atoms with E-state index >= 15 is 0 Å². The molecule has 1 saturated carbocycles. The zero-order valence-electron chi connectivity index (χ0n) is 12.3. The molecule has 0 aromatic heterocycles. The Balaban J connectivity index is 0.00000137. The number of carbonyl (C=O) groups is 1. The Morgan fingerprint density at radius 3 is 1.94 bits per heavy atom. The Bertz CT molecular complexity index is 278. The van der Waals surface area contributed by atoms with Crippen LogP contribution in [0.1, 0.15) is 54.4 Å². The van der Waals surface area contributed by atoms with Crippen LogP contribution in [0, 0.1) is 17.3 Å². The summed E-state index contributed by atoms with van der Waals surface area (Å²) in [6.07, 6.45) is -1.58. The maximum atomic E-state index is 12.7. The molecule has 4 heteroatoms. The third-order valence-electron chi connectivity index (χ3n) is 3.47. The number of alkyl halides is 2. The van der Waals surface area contributed by atoms with Gasteiger partial charge in [0.2, 0.25) is 5.92 Å². The predicted molar refractivity (Wildman–Crippen MR) is 68.7 cm³/mol. The molecule has 0 aromatic rings.